The minimum atomic E-state index is -3.12. The number of hydrogen-bond acceptors (Lipinski definition) is 3. The summed E-state index contributed by atoms with van der Waals surface area (Å²) in [6.45, 7) is 10.0. The number of rotatable bonds is 11. The predicted molar refractivity (Wildman–Crippen MR) is 78.2 cm³/mol. The Morgan fingerprint density at radius 2 is 1.67 bits per heavy atom. The molecule has 0 aromatic heterocycles. The molecule has 0 aliphatic heterocycles. The van der Waals surface area contributed by atoms with Crippen molar-refractivity contribution < 1.29 is 8.42 Å². The van der Waals surface area contributed by atoms with E-state index < -0.39 is 10.0 Å². The van der Waals surface area contributed by atoms with Gasteiger partial charge in [0, 0.05) is 6.04 Å². The Balaban J connectivity index is 3.99. The average molecular weight is 278 g/mol. The van der Waals surface area contributed by atoms with Gasteiger partial charge in [-0.25, -0.2) is 13.1 Å². The predicted octanol–water partition coefficient (Wildman–Crippen LogP) is 2.12. The molecule has 0 spiro atoms. The van der Waals surface area contributed by atoms with Crippen molar-refractivity contribution in [2.45, 2.75) is 59.4 Å². The van der Waals surface area contributed by atoms with Crippen LogP contribution in [0.5, 0.6) is 0 Å². The summed E-state index contributed by atoms with van der Waals surface area (Å²) in [4.78, 5) is 0. The Kier molecular flexibility index (Phi) is 9.68. The van der Waals surface area contributed by atoms with Crippen LogP contribution in [-0.4, -0.2) is 33.3 Å². The maximum atomic E-state index is 11.9. The van der Waals surface area contributed by atoms with Gasteiger partial charge in [-0.2, -0.15) is 0 Å². The first-order chi connectivity index (χ1) is 8.46. The second-order valence-electron chi connectivity index (χ2n) is 4.91. The van der Waals surface area contributed by atoms with Gasteiger partial charge in [-0.15, -0.1) is 0 Å². The van der Waals surface area contributed by atoms with Crippen molar-refractivity contribution in [3.63, 3.8) is 0 Å². The van der Waals surface area contributed by atoms with Crippen LogP contribution in [0.15, 0.2) is 0 Å². The topological polar surface area (TPSA) is 58.2 Å². The monoisotopic (exact) mass is 278 g/mol. The van der Waals surface area contributed by atoms with Crippen molar-refractivity contribution in [2.24, 2.45) is 5.92 Å². The van der Waals surface area contributed by atoms with E-state index in [9.17, 15) is 8.42 Å². The zero-order valence-corrected chi connectivity index (χ0v) is 13.1. The minimum Gasteiger partial charge on any atom is -0.317 e. The summed E-state index contributed by atoms with van der Waals surface area (Å²) < 4.78 is 26.5. The summed E-state index contributed by atoms with van der Waals surface area (Å²) in [7, 11) is -3.12. The summed E-state index contributed by atoms with van der Waals surface area (Å²) in [6, 6.07) is 0.0357. The fourth-order valence-electron chi connectivity index (χ4n) is 2.12. The second kappa shape index (κ2) is 9.75. The van der Waals surface area contributed by atoms with Gasteiger partial charge in [-0.05, 0) is 38.8 Å². The highest BCUT2D eigenvalue weighted by molar-refractivity contribution is 7.89. The fraction of sp³-hybridized carbons (Fsp3) is 1.00. The van der Waals surface area contributed by atoms with Gasteiger partial charge in [0.05, 0.1) is 5.75 Å². The fourth-order valence-corrected chi connectivity index (χ4v) is 3.52. The van der Waals surface area contributed by atoms with Gasteiger partial charge in [0.25, 0.3) is 0 Å². The molecule has 110 valence electrons. The molecule has 0 saturated carbocycles. The summed E-state index contributed by atoms with van der Waals surface area (Å²) in [6.07, 6.45) is 3.78. The van der Waals surface area contributed by atoms with E-state index in [1.54, 1.807) is 0 Å². The maximum Gasteiger partial charge on any atom is 0.211 e. The third-order valence-electron chi connectivity index (χ3n) is 3.31. The van der Waals surface area contributed by atoms with Crippen molar-refractivity contribution in [1.82, 2.24) is 10.0 Å². The first-order valence-electron chi connectivity index (χ1n) is 7.17. The highest BCUT2D eigenvalue weighted by Crippen LogP contribution is 2.13. The lowest BCUT2D eigenvalue weighted by Crippen LogP contribution is -2.39. The van der Waals surface area contributed by atoms with E-state index in [0.717, 1.165) is 32.4 Å². The SMILES string of the molecule is CCCNCCCS(=O)(=O)NC(C)C(CC)CC. The van der Waals surface area contributed by atoms with Gasteiger partial charge in [-0.3, -0.25) is 0 Å². The van der Waals surface area contributed by atoms with Crippen LogP contribution < -0.4 is 10.0 Å². The van der Waals surface area contributed by atoms with Crippen molar-refractivity contribution in [3.8, 4) is 0 Å². The van der Waals surface area contributed by atoms with Gasteiger partial charge in [0.15, 0.2) is 0 Å². The smallest absolute Gasteiger partial charge is 0.211 e. The highest BCUT2D eigenvalue weighted by atomic mass is 32.2. The molecule has 0 aliphatic carbocycles. The molecule has 5 heteroatoms. The standard InChI is InChI=1S/C13H30N2O2S/c1-5-9-14-10-8-11-18(16,17)15-12(4)13(6-2)7-3/h12-15H,5-11H2,1-4H3. The number of sulfonamides is 1. The van der Waals surface area contributed by atoms with Crippen molar-refractivity contribution in [2.75, 3.05) is 18.8 Å². The van der Waals surface area contributed by atoms with Crippen molar-refractivity contribution >= 4 is 10.0 Å². The van der Waals surface area contributed by atoms with Crippen LogP contribution in [0.4, 0.5) is 0 Å². The third kappa shape index (κ3) is 8.06. The first-order valence-corrected chi connectivity index (χ1v) is 8.82. The van der Waals surface area contributed by atoms with Gasteiger partial charge in [-0.1, -0.05) is 33.6 Å². The highest BCUT2D eigenvalue weighted by Gasteiger charge is 2.19. The molecular formula is C13H30N2O2S. The molecule has 1 atom stereocenters. The molecule has 2 N–H and O–H groups in total. The van der Waals surface area contributed by atoms with E-state index in [2.05, 4.69) is 30.8 Å². The average Bonchev–Trinajstić information content (AvgIpc) is 2.29. The summed E-state index contributed by atoms with van der Waals surface area (Å²) in [5, 5.41) is 3.21. The van der Waals surface area contributed by atoms with E-state index >= 15 is 0 Å². The molecule has 0 fully saturated rings. The molecule has 0 aliphatic rings. The van der Waals surface area contributed by atoms with Crippen LogP contribution in [0.25, 0.3) is 0 Å². The molecule has 4 nitrogen and oxygen atoms in total. The normalized spacial score (nSPS) is 14.1. The van der Waals surface area contributed by atoms with E-state index in [1.807, 2.05) is 6.92 Å². The maximum absolute atomic E-state index is 11.9. The molecule has 0 aromatic rings. The Morgan fingerprint density at radius 3 is 2.17 bits per heavy atom. The summed E-state index contributed by atoms with van der Waals surface area (Å²) in [5.74, 6) is 0.645. The van der Waals surface area contributed by atoms with Crippen LogP contribution in [0.1, 0.15) is 53.4 Å². The van der Waals surface area contributed by atoms with Gasteiger partial charge < -0.3 is 5.32 Å². The first kappa shape index (κ1) is 17.9. The lowest BCUT2D eigenvalue weighted by atomic mass is 9.96. The molecule has 0 rings (SSSR count). The number of hydrogen-bond donors (Lipinski definition) is 2. The lowest BCUT2D eigenvalue weighted by Gasteiger charge is -2.22. The molecule has 0 amide bonds. The minimum absolute atomic E-state index is 0.0357. The Bertz CT molecular complexity index is 287. The largest absolute Gasteiger partial charge is 0.317 e. The third-order valence-corrected chi connectivity index (χ3v) is 4.87. The zero-order valence-electron chi connectivity index (χ0n) is 12.3. The van der Waals surface area contributed by atoms with Gasteiger partial charge in [0.1, 0.15) is 0 Å². The molecule has 0 bridgehead atoms. The molecule has 0 saturated heterocycles. The van der Waals surface area contributed by atoms with Crippen LogP contribution in [0.3, 0.4) is 0 Å². The van der Waals surface area contributed by atoms with E-state index in [1.165, 1.54) is 0 Å². The molecular weight excluding hydrogens is 248 g/mol. The molecule has 0 heterocycles. The molecule has 0 aromatic carbocycles. The van der Waals surface area contributed by atoms with Crippen molar-refractivity contribution in [1.29, 1.82) is 0 Å². The van der Waals surface area contributed by atoms with Crippen molar-refractivity contribution in [3.05, 3.63) is 0 Å². The Morgan fingerprint density at radius 1 is 1.06 bits per heavy atom. The molecule has 1 unspecified atom stereocenters. The van der Waals surface area contributed by atoms with Crippen LogP contribution in [-0.2, 0) is 10.0 Å². The Labute approximate surface area is 113 Å². The quantitative estimate of drug-likeness (QED) is 0.569. The van der Waals surface area contributed by atoms with E-state index in [0.29, 0.717) is 12.3 Å². The number of nitrogens with one attached hydrogen (secondary N) is 2. The lowest BCUT2D eigenvalue weighted by molar-refractivity contribution is 0.390. The van der Waals surface area contributed by atoms with Crippen LogP contribution >= 0.6 is 0 Å². The van der Waals surface area contributed by atoms with Crippen LogP contribution in [0.2, 0.25) is 0 Å². The van der Waals surface area contributed by atoms with Crippen LogP contribution in [0, 0.1) is 5.92 Å². The van der Waals surface area contributed by atoms with Gasteiger partial charge in [0.2, 0.25) is 10.0 Å². The van der Waals surface area contributed by atoms with E-state index in [4.69, 9.17) is 0 Å². The summed E-state index contributed by atoms with van der Waals surface area (Å²) in [5.41, 5.74) is 0. The Hall–Kier alpha value is -0.130. The van der Waals surface area contributed by atoms with E-state index in [-0.39, 0.29) is 11.8 Å². The second-order valence-corrected chi connectivity index (χ2v) is 6.78. The molecule has 18 heavy (non-hydrogen) atoms. The van der Waals surface area contributed by atoms with Gasteiger partial charge >= 0.3 is 0 Å². The zero-order chi connectivity index (χ0) is 14.0. The molecule has 0 radical (unpaired) electrons. The summed E-state index contributed by atoms with van der Waals surface area (Å²) >= 11 is 0.